The van der Waals surface area contributed by atoms with Crippen molar-refractivity contribution in [2.24, 2.45) is 0 Å². The third kappa shape index (κ3) is 4.11. The van der Waals surface area contributed by atoms with Crippen molar-refractivity contribution in [3.63, 3.8) is 0 Å². The lowest BCUT2D eigenvalue weighted by Crippen LogP contribution is -2.12. The molecule has 8 nitrogen and oxygen atoms in total. The van der Waals surface area contributed by atoms with Gasteiger partial charge in [-0.25, -0.2) is 14.4 Å². The Kier molecular flexibility index (Phi) is 5.94. The molecule has 0 unspecified atom stereocenters. The van der Waals surface area contributed by atoms with Crippen LogP contribution in [0.4, 0.5) is 4.39 Å². The van der Waals surface area contributed by atoms with Gasteiger partial charge in [-0.1, -0.05) is 32.0 Å². The van der Waals surface area contributed by atoms with E-state index in [-0.39, 0.29) is 23.7 Å². The normalized spacial score (nSPS) is 10.1. The molecule has 0 saturated carbocycles. The van der Waals surface area contributed by atoms with Crippen LogP contribution < -0.4 is 5.56 Å². The molecule has 3 aromatic heterocycles. The highest BCUT2D eigenvalue weighted by Gasteiger charge is 2.17. The molecule has 0 radical (unpaired) electrons. The predicted octanol–water partition coefficient (Wildman–Crippen LogP) is 3.37. The quantitative estimate of drug-likeness (QED) is 0.570. The Morgan fingerprint density at radius 2 is 2.07 bits per heavy atom. The summed E-state index contributed by atoms with van der Waals surface area (Å²) in [5.74, 6) is 0.109. The standard InChI is InChI=1S/C18H11FN6O2.C2H6/c19-13-4-2-1-3-11(13)10-25-15(18-21-5-6-27-18)7-14(24-25)16-22-9-12(8-20)17(26)23-16;1-2/h1-7,9H,10H2,(H,22,23,26);1-2H3. The van der Waals surface area contributed by atoms with Gasteiger partial charge in [0, 0.05) is 11.6 Å². The van der Waals surface area contributed by atoms with E-state index in [9.17, 15) is 9.18 Å². The van der Waals surface area contributed by atoms with Crippen LogP contribution in [0.2, 0.25) is 0 Å². The minimum Gasteiger partial charge on any atom is -0.443 e. The monoisotopic (exact) mass is 392 g/mol. The van der Waals surface area contributed by atoms with Crippen LogP contribution in [0.3, 0.4) is 0 Å². The minimum atomic E-state index is -0.566. The molecule has 3 heterocycles. The van der Waals surface area contributed by atoms with Crippen LogP contribution in [0.1, 0.15) is 25.0 Å². The average molecular weight is 392 g/mol. The summed E-state index contributed by atoms with van der Waals surface area (Å²) in [6.45, 7) is 4.13. The highest BCUT2D eigenvalue weighted by Crippen LogP contribution is 2.24. The van der Waals surface area contributed by atoms with Crippen LogP contribution in [-0.4, -0.2) is 24.7 Å². The molecule has 146 valence electrons. The number of nitrogens with one attached hydrogen (secondary N) is 1. The molecule has 0 aliphatic heterocycles. The first kappa shape index (κ1) is 19.7. The van der Waals surface area contributed by atoms with Gasteiger partial charge in [0.2, 0.25) is 5.89 Å². The molecule has 0 atom stereocenters. The smallest absolute Gasteiger partial charge is 0.269 e. The molecule has 9 heteroatoms. The Balaban J connectivity index is 0.00000117. The van der Waals surface area contributed by atoms with Gasteiger partial charge >= 0.3 is 0 Å². The molecule has 0 aliphatic rings. The third-order valence-corrected chi connectivity index (χ3v) is 3.87. The van der Waals surface area contributed by atoms with E-state index >= 15 is 0 Å². The summed E-state index contributed by atoms with van der Waals surface area (Å²) in [6, 6.07) is 9.73. The van der Waals surface area contributed by atoms with Crippen LogP contribution >= 0.6 is 0 Å². The molecule has 0 spiro atoms. The molecule has 29 heavy (non-hydrogen) atoms. The van der Waals surface area contributed by atoms with Crippen molar-refractivity contribution in [1.29, 1.82) is 5.26 Å². The van der Waals surface area contributed by atoms with Crippen LogP contribution in [0, 0.1) is 17.1 Å². The molecule has 4 aromatic rings. The van der Waals surface area contributed by atoms with E-state index in [0.29, 0.717) is 22.8 Å². The first-order valence-corrected chi connectivity index (χ1v) is 8.86. The van der Waals surface area contributed by atoms with E-state index in [1.807, 2.05) is 13.8 Å². The number of rotatable bonds is 4. The maximum Gasteiger partial charge on any atom is 0.269 e. The van der Waals surface area contributed by atoms with Crippen molar-refractivity contribution >= 4 is 0 Å². The van der Waals surface area contributed by atoms with Crippen molar-refractivity contribution in [3.05, 3.63) is 76.3 Å². The molecule has 0 amide bonds. The molecule has 0 fully saturated rings. The van der Waals surface area contributed by atoms with Gasteiger partial charge < -0.3 is 9.40 Å². The van der Waals surface area contributed by atoms with Gasteiger partial charge in [0.1, 0.15) is 35.1 Å². The summed E-state index contributed by atoms with van der Waals surface area (Å²) in [5.41, 5.74) is 0.592. The molecule has 4 rings (SSSR count). The van der Waals surface area contributed by atoms with Crippen LogP contribution in [0.15, 0.2) is 58.2 Å². The van der Waals surface area contributed by atoms with Gasteiger partial charge in [-0.2, -0.15) is 10.4 Å². The Bertz CT molecular complexity index is 1200. The van der Waals surface area contributed by atoms with Crippen molar-refractivity contribution in [1.82, 2.24) is 24.7 Å². The number of benzene rings is 1. The number of hydrogen-bond donors (Lipinski definition) is 1. The van der Waals surface area contributed by atoms with E-state index in [4.69, 9.17) is 9.68 Å². The fourth-order valence-corrected chi connectivity index (χ4v) is 2.57. The van der Waals surface area contributed by atoms with Gasteiger partial charge in [0.25, 0.3) is 5.56 Å². The minimum absolute atomic E-state index is 0.0996. The Hall–Kier alpha value is -4.06. The van der Waals surface area contributed by atoms with Crippen molar-refractivity contribution < 1.29 is 8.81 Å². The lowest BCUT2D eigenvalue weighted by molar-refractivity contribution is 0.553. The Labute approximate surface area is 165 Å². The summed E-state index contributed by atoms with van der Waals surface area (Å²) < 4.78 is 20.9. The number of oxazole rings is 1. The molecule has 0 saturated heterocycles. The maximum atomic E-state index is 14.0. The number of nitriles is 1. The first-order chi connectivity index (χ1) is 14.2. The zero-order chi connectivity index (χ0) is 20.8. The summed E-state index contributed by atoms with van der Waals surface area (Å²) in [7, 11) is 0. The number of aromatic amines is 1. The lowest BCUT2D eigenvalue weighted by Gasteiger charge is -2.06. The number of aromatic nitrogens is 5. The zero-order valence-electron chi connectivity index (χ0n) is 15.8. The molecule has 0 bridgehead atoms. The fourth-order valence-electron chi connectivity index (χ4n) is 2.57. The number of hydrogen-bond acceptors (Lipinski definition) is 6. The number of H-pyrrole nitrogens is 1. The van der Waals surface area contributed by atoms with Gasteiger partial charge in [-0.05, 0) is 6.07 Å². The van der Waals surface area contributed by atoms with Crippen molar-refractivity contribution in [2.45, 2.75) is 20.4 Å². The van der Waals surface area contributed by atoms with Crippen molar-refractivity contribution in [2.75, 3.05) is 0 Å². The molecular formula is C20H17FN6O2. The van der Waals surface area contributed by atoms with Crippen LogP contribution in [0.5, 0.6) is 0 Å². The van der Waals surface area contributed by atoms with E-state index < -0.39 is 5.56 Å². The zero-order valence-corrected chi connectivity index (χ0v) is 15.8. The van der Waals surface area contributed by atoms with Gasteiger partial charge in [0.15, 0.2) is 5.82 Å². The third-order valence-electron chi connectivity index (χ3n) is 3.87. The molecule has 0 aliphatic carbocycles. The van der Waals surface area contributed by atoms with E-state index in [0.717, 1.165) is 0 Å². The van der Waals surface area contributed by atoms with Crippen molar-refractivity contribution in [3.8, 4) is 29.2 Å². The summed E-state index contributed by atoms with van der Waals surface area (Å²) >= 11 is 0. The largest absolute Gasteiger partial charge is 0.443 e. The van der Waals surface area contributed by atoms with E-state index in [1.165, 1.54) is 29.4 Å². The number of halogens is 1. The Morgan fingerprint density at radius 3 is 2.72 bits per heavy atom. The Morgan fingerprint density at radius 1 is 1.28 bits per heavy atom. The summed E-state index contributed by atoms with van der Waals surface area (Å²) in [4.78, 5) is 22.5. The van der Waals surface area contributed by atoms with E-state index in [2.05, 4.69) is 20.1 Å². The lowest BCUT2D eigenvalue weighted by atomic mass is 10.2. The summed E-state index contributed by atoms with van der Waals surface area (Å²) in [5, 5.41) is 13.3. The van der Waals surface area contributed by atoms with Gasteiger partial charge in [0.05, 0.1) is 18.9 Å². The fraction of sp³-hybridized carbons (Fsp3) is 0.150. The topological polar surface area (TPSA) is 113 Å². The molecular weight excluding hydrogens is 375 g/mol. The second-order valence-electron chi connectivity index (χ2n) is 5.59. The molecule has 1 N–H and O–H groups in total. The highest BCUT2D eigenvalue weighted by atomic mass is 19.1. The van der Waals surface area contributed by atoms with E-state index in [1.54, 1.807) is 30.3 Å². The summed E-state index contributed by atoms with van der Waals surface area (Å²) in [6.07, 6.45) is 4.07. The average Bonchev–Trinajstić information content (AvgIpc) is 3.41. The SMILES string of the molecule is CC.N#Cc1cnc(-c2cc(-c3ncco3)n(Cc3ccccc3F)n2)[nH]c1=O. The van der Waals surface area contributed by atoms with Gasteiger partial charge in [-0.3, -0.25) is 9.48 Å². The highest BCUT2D eigenvalue weighted by molar-refractivity contribution is 5.59. The second kappa shape index (κ2) is 8.75. The van der Waals surface area contributed by atoms with Crippen LogP contribution in [0.25, 0.3) is 23.1 Å². The van der Waals surface area contributed by atoms with Crippen LogP contribution in [-0.2, 0) is 6.54 Å². The predicted molar refractivity (Wildman–Crippen MR) is 103 cm³/mol. The molecule has 1 aromatic carbocycles. The first-order valence-electron chi connectivity index (χ1n) is 8.86. The number of nitrogens with zero attached hydrogens (tertiary/aromatic N) is 5. The van der Waals surface area contributed by atoms with Gasteiger partial charge in [-0.15, -0.1) is 0 Å². The second-order valence-corrected chi connectivity index (χ2v) is 5.59. The maximum absolute atomic E-state index is 14.0.